The van der Waals surface area contributed by atoms with Crippen LogP contribution >= 0.6 is 0 Å². The predicted octanol–water partition coefficient (Wildman–Crippen LogP) is 4.22. The lowest BCUT2D eigenvalue weighted by Crippen LogP contribution is -2.67. The van der Waals surface area contributed by atoms with Crippen molar-refractivity contribution in [3.05, 3.63) is 0 Å². The lowest BCUT2D eigenvalue weighted by molar-refractivity contribution is -0.288. The van der Waals surface area contributed by atoms with Gasteiger partial charge in [0.25, 0.3) is 0 Å². The van der Waals surface area contributed by atoms with Crippen molar-refractivity contribution in [2.24, 2.45) is 0 Å². The van der Waals surface area contributed by atoms with E-state index in [-0.39, 0.29) is 26.2 Å². The van der Waals surface area contributed by atoms with Crippen molar-refractivity contribution < 1.29 is 51.6 Å². The van der Waals surface area contributed by atoms with E-state index in [0.717, 1.165) is 32.1 Å². The SMILES string of the molecule is CCCCOCC1O[C@@H](OCCCCC(=O)O)[C@@H](NC(=O)C(F)(F)F)C(OCCCC)[C@H]1OCCCC. The first kappa shape index (κ1) is 33.6. The Morgan fingerprint density at radius 1 is 0.838 bits per heavy atom. The molecule has 0 aliphatic carbocycles. The first-order chi connectivity index (χ1) is 17.6. The van der Waals surface area contributed by atoms with E-state index in [0.29, 0.717) is 32.5 Å². The number of alkyl halides is 3. The van der Waals surface area contributed by atoms with Gasteiger partial charge in [-0.1, -0.05) is 40.0 Å². The smallest absolute Gasteiger partial charge is 0.471 e. The minimum absolute atomic E-state index is 0.0305. The van der Waals surface area contributed by atoms with Crippen LogP contribution in [0, 0.1) is 0 Å². The van der Waals surface area contributed by atoms with E-state index >= 15 is 0 Å². The Morgan fingerprint density at radius 2 is 1.41 bits per heavy atom. The molecule has 0 spiro atoms. The highest BCUT2D eigenvalue weighted by molar-refractivity contribution is 5.82. The summed E-state index contributed by atoms with van der Waals surface area (Å²) in [5.41, 5.74) is 0. The minimum Gasteiger partial charge on any atom is -0.481 e. The van der Waals surface area contributed by atoms with Gasteiger partial charge in [-0.2, -0.15) is 13.2 Å². The molecule has 0 saturated carbocycles. The number of ether oxygens (including phenoxy) is 5. The number of hydrogen-bond acceptors (Lipinski definition) is 7. The van der Waals surface area contributed by atoms with Crippen molar-refractivity contribution in [2.75, 3.05) is 33.0 Å². The Bertz CT molecular complexity index is 638. The molecule has 1 aliphatic heterocycles. The van der Waals surface area contributed by atoms with Gasteiger partial charge in [-0.3, -0.25) is 9.59 Å². The molecule has 1 amide bonds. The average Bonchev–Trinajstić information content (AvgIpc) is 2.83. The predicted molar refractivity (Wildman–Crippen MR) is 129 cm³/mol. The van der Waals surface area contributed by atoms with Gasteiger partial charge in [0, 0.05) is 32.8 Å². The topological polar surface area (TPSA) is 113 Å². The van der Waals surface area contributed by atoms with Crippen LogP contribution in [0.4, 0.5) is 13.2 Å². The van der Waals surface area contributed by atoms with Gasteiger partial charge in [-0.25, -0.2) is 0 Å². The van der Waals surface area contributed by atoms with Crippen LogP contribution in [0.1, 0.15) is 78.6 Å². The van der Waals surface area contributed by atoms with Gasteiger partial charge in [-0.05, 0) is 32.1 Å². The summed E-state index contributed by atoms with van der Waals surface area (Å²) in [4.78, 5) is 22.7. The summed E-state index contributed by atoms with van der Waals surface area (Å²) in [6, 6.07) is -1.30. The zero-order valence-corrected chi connectivity index (χ0v) is 22.2. The van der Waals surface area contributed by atoms with E-state index in [2.05, 4.69) is 0 Å². The maximum Gasteiger partial charge on any atom is 0.471 e. The lowest BCUT2D eigenvalue weighted by Gasteiger charge is -2.46. The highest BCUT2D eigenvalue weighted by atomic mass is 19.4. The molecule has 0 bridgehead atoms. The fraction of sp³-hybridized carbons (Fsp3) is 0.920. The van der Waals surface area contributed by atoms with Crippen molar-refractivity contribution >= 4 is 11.9 Å². The van der Waals surface area contributed by atoms with Crippen LogP contribution in [0.15, 0.2) is 0 Å². The molecule has 218 valence electrons. The Hall–Kier alpha value is -1.47. The van der Waals surface area contributed by atoms with Crippen molar-refractivity contribution in [1.29, 1.82) is 0 Å². The van der Waals surface area contributed by atoms with Crippen molar-refractivity contribution in [3.8, 4) is 0 Å². The maximum atomic E-state index is 13.2. The van der Waals surface area contributed by atoms with Crippen molar-refractivity contribution in [3.63, 3.8) is 0 Å². The van der Waals surface area contributed by atoms with Crippen LogP contribution in [-0.2, 0) is 33.3 Å². The van der Waals surface area contributed by atoms with Gasteiger partial charge in [0.2, 0.25) is 0 Å². The normalized spacial score (nSPS) is 24.2. The molecule has 0 aromatic carbocycles. The molecule has 0 aromatic rings. The molecular weight excluding hydrogens is 499 g/mol. The van der Waals surface area contributed by atoms with Gasteiger partial charge < -0.3 is 34.1 Å². The number of hydrogen-bond donors (Lipinski definition) is 2. The third kappa shape index (κ3) is 13.2. The van der Waals surface area contributed by atoms with Crippen LogP contribution in [-0.4, -0.2) is 86.8 Å². The van der Waals surface area contributed by atoms with E-state index in [1.165, 1.54) is 0 Å². The average molecular weight is 544 g/mol. The molecule has 1 aliphatic rings. The zero-order chi connectivity index (χ0) is 27.7. The van der Waals surface area contributed by atoms with Gasteiger partial charge in [-0.15, -0.1) is 0 Å². The Morgan fingerprint density at radius 3 is 1.97 bits per heavy atom. The minimum atomic E-state index is -5.11. The second kappa shape index (κ2) is 18.7. The third-order valence-electron chi connectivity index (χ3n) is 5.81. The first-order valence-corrected chi connectivity index (χ1v) is 13.3. The molecule has 12 heteroatoms. The van der Waals surface area contributed by atoms with E-state index in [1.807, 2.05) is 26.1 Å². The Labute approximate surface area is 217 Å². The number of nitrogens with one attached hydrogen (secondary N) is 1. The molecule has 1 heterocycles. The van der Waals surface area contributed by atoms with E-state index in [9.17, 15) is 22.8 Å². The van der Waals surface area contributed by atoms with E-state index < -0.39 is 48.7 Å². The Kier molecular flexibility index (Phi) is 17.0. The molecule has 2 N–H and O–H groups in total. The highest BCUT2D eigenvalue weighted by Crippen LogP contribution is 2.29. The van der Waals surface area contributed by atoms with E-state index in [1.54, 1.807) is 0 Å². The van der Waals surface area contributed by atoms with Crippen molar-refractivity contribution in [1.82, 2.24) is 5.32 Å². The van der Waals surface area contributed by atoms with Crippen LogP contribution in [0.5, 0.6) is 0 Å². The molecule has 0 radical (unpaired) electrons. The summed E-state index contributed by atoms with van der Waals surface area (Å²) < 4.78 is 69.3. The zero-order valence-electron chi connectivity index (χ0n) is 22.2. The number of carbonyl (C=O) groups is 2. The van der Waals surface area contributed by atoms with Gasteiger partial charge in [0.15, 0.2) is 6.29 Å². The third-order valence-corrected chi connectivity index (χ3v) is 5.81. The fourth-order valence-corrected chi connectivity index (χ4v) is 3.72. The highest BCUT2D eigenvalue weighted by Gasteiger charge is 2.51. The van der Waals surface area contributed by atoms with Gasteiger partial charge in [0.1, 0.15) is 24.4 Å². The molecule has 5 atom stereocenters. The van der Waals surface area contributed by atoms with Crippen LogP contribution < -0.4 is 5.32 Å². The summed E-state index contributed by atoms with van der Waals surface area (Å²) in [6.45, 7) is 7.18. The number of amides is 1. The molecule has 1 saturated heterocycles. The number of carboxylic acids is 1. The monoisotopic (exact) mass is 543 g/mol. The summed E-state index contributed by atoms with van der Waals surface area (Å²) in [6.07, 6.45) is -3.45. The van der Waals surface area contributed by atoms with Gasteiger partial charge >= 0.3 is 18.1 Å². The summed E-state index contributed by atoms with van der Waals surface area (Å²) in [7, 11) is 0. The largest absolute Gasteiger partial charge is 0.481 e. The second-order valence-corrected chi connectivity index (χ2v) is 9.07. The molecule has 0 aromatic heterocycles. The number of carbonyl (C=O) groups excluding carboxylic acids is 1. The number of carboxylic acid groups (broad SMARTS) is 1. The van der Waals surface area contributed by atoms with Crippen LogP contribution in [0.25, 0.3) is 0 Å². The summed E-state index contributed by atoms with van der Waals surface area (Å²) >= 11 is 0. The molecule has 37 heavy (non-hydrogen) atoms. The fourth-order valence-electron chi connectivity index (χ4n) is 3.72. The standard InChI is InChI=1S/C25H44F3NO8/c1-4-7-13-33-17-18-21(34-14-8-5-2)22(35-15-9-6-3)20(29-24(32)25(26,27)28)23(37-18)36-16-11-10-12-19(30)31/h18,20-23H,4-17H2,1-3H3,(H,29,32)(H,30,31)/t18?,20-,21-,22?,23+/m0/s1. The summed E-state index contributed by atoms with van der Waals surface area (Å²) in [5.74, 6) is -3.08. The maximum absolute atomic E-state index is 13.2. The van der Waals surface area contributed by atoms with E-state index in [4.69, 9.17) is 28.8 Å². The van der Waals surface area contributed by atoms with Crippen molar-refractivity contribution in [2.45, 2.75) is 115 Å². The molecule has 2 unspecified atom stereocenters. The molecule has 9 nitrogen and oxygen atoms in total. The second-order valence-electron chi connectivity index (χ2n) is 9.07. The number of unbranched alkanes of at least 4 members (excludes halogenated alkanes) is 4. The number of halogens is 3. The van der Waals surface area contributed by atoms with Crippen LogP contribution in [0.3, 0.4) is 0 Å². The van der Waals surface area contributed by atoms with Crippen LogP contribution in [0.2, 0.25) is 0 Å². The Balaban J connectivity index is 3.19. The first-order valence-electron chi connectivity index (χ1n) is 13.3. The number of rotatable bonds is 20. The van der Waals surface area contributed by atoms with Gasteiger partial charge in [0.05, 0.1) is 6.61 Å². The lowest BCUT2D eigenvalue weighted by atomic mass is 9.95. The molecular formula is C25H44F3NO8. The quantitative estimate of drug-likeness (QED) is 0.220. The molecule has 1 fully saturated rings. The molecule has 1 rings (SSSR count). The summed E-state index contributed by atoms with van der Waals surface area (Å²) in [5, 5.41) is 10.8. The number of aliphatic carboxylic acids is 1.